The molecule has 0 atom stereocenters. The highest BCUT2D eigenvalue weighted by molar-refractivity contribution is 5.65. The first-order valence-corrected chi connectivity index (χ1v) is 6.18. The van der Waals surface area contributed by atoms with Crippen LogP contribution in [-0.4, -0.2) is 39.9 Å². The molecule has 1 saturated heterocycles. The molecule has 2 aliphatic heterocycles. The van der Waals surface area contributed by atoms with Gasteiger partial charge >= 0.3 is 0 Å². The molecule has 2 aliphatic rings. The molecule has 0 unspecified atom stereocenters. The molecular formula is C13H18N2O2. The van der Waals surface area contributed by atoms with Crippen molar-refractivity contribution in [3.8, 4) is 11.5 Å². The highest BCUT2D eigenvalue weighted by atomic mass is 16.5. The molecule has 17 heavy (non-hydrogen) atoms. The molecule has 4 heteroatoms. The van der Waals surface area contributed by atoms with Crippen molar-refractivity contribution in [3.63, 3.8) is 0 Å². The van der Waals surface area contributed by atoms with Crippen molar-refractivity contribution >= 4 is 5.69 Å². The number of rotatable bonds is 2. The number of hydrogen-bond donors (Lipinski definition) is 1. The molecule has 1 fully saturated rings. The SMILES string of the molecule is COc1cc2c(cc1N1CCNCC1)OCC2. The minimum absolute atomic E-state index is 0.795. The van der Waals surface area contributed by atoms with Gasteiger partial charge in [-0.3, -0.25) is 0 Å². The minimum Gasteiger partial charge on any atom is -0.495 e. The van der Waals surface area contributed by atoms with E-state index >= 15 is 0 Å². The molecule has 92 valence electrons. The fourth-order valence-corrected chi connectivity index (χ4v) is 2.51. The van der Waals surface area contributed by atoms with Crippen LogP contribution in [0.5, 0.6) is 11.5 Å². The summed E-state index contributed by atoms with van der Waals surface area (Å²) in [5.41, 5.74) is 2.43. The lowest BCUT2D eigenvalue weighted by molar-refractivity contribution is 0.356. The monoisotopic (exact) mass is 234 g/mol. The number of anilines is 1. The predicted molar refractivity (Wildman–Crippen MR) is 67.3 cm³/mol. The van der Waals surface area contributed by atoms with E-state index < -0.39 is 0 Å². The Kier molecular flexibility index (Phi) is 2.81. The summed E-state index contributed by atoms with van der Waals surface area (Å²) in [6, 6.07) is 4.26. The Morgan fingerprint density at radius 1 is 1.29 bits per heavy atom. The fraction of sp³-hybridized carbons (Fsp3) is 0.538. The van der Waals surface area contributed by atoms with Gasteiger partial charge in [0.15, 0.2) is 0 Å². The Labute approximate surface area is 102 Å². The Morgan fingerprint density at radius 3 is 2.88 bits per heavy atom. The molecule has 1 aromatic carbocycles. The van der Waals surface area contributed by atoms with E-state index in [0.717, 1.165) is 56.4 Å². The maximum absolute atomic E-state index is 5.63. The van der Waals surface area contributed by atoms with Crippen LogP contribution in [0.4, 0.5) is 5.69 Å². The largest absolute Gasteiger partial charge is 0.495 e. The molecule has 0 aromatic heterocycles. The van der Waals surface area contributed by atoms with Crippen molar-refractivity contribution in [2.75, 3.05) is 44.8 Å². The normalized spacial score (nSPS) is 18.8. The fourth-order valence-electron chi connectivity index (χ4n) is 2.51. The van der Waals surface area contributed by atoms with Crippen LogP contribution in [0.1, 0.15) is 5.56 Å². The number of methoxy groups -OCH3 is 1. The molecule has 4 nitrogen and oxygen atoms in total. The second-order valence-corrected chi connectivity index (χ2v) is 4.47. The summed E-state index contributed by atoms with van der Waals surface area (Å²) in [4.78, 5) is 2.36. The van der Waals surface area contributed by atoms with E-state index in [1.54, 1.807) is 7.11 Å². The molecule has 0 radical (unpaired) electrons. The maximum atomic E-state index is 5.63. The standard InChI is InChI=1S/C13H18N2O2/c1-16-13-8-10-2-7-17-12(10)9-11(13)15-5-3-14-4-6-15/h8-9,14H,2-7H2,1H3. The Bertz CT molecular complexity index is 414. The number of hydrogen-bond acceptors (Lipinski definition) is 4. The van der Waals surface area contributed by atoms with Crippen LogP contribution < -0.4 is 19.7 Å². The van der Waals surface area contributed by atoms with E-state index in [1.807, 2.05) is 0 Å². The summed E-state index contributed by atoms with van der Waals surface area (Å²) in [5.74, 6) is 2.00. The van der Waals surface area contributed by atoms with Crippen molar-refractivity contribution in [1.82, 2.24) is 5.32 Å². The van der Waals surface area contributed by atoms with Gasteiger partial charge in [-0.15, -0.1) is 0 Å². The van der Waals surface area contributed by atoms with Crippen LogP contribution in [0.25, 0.3) is 0 Å². The summed E-state index contributed by atoms with van der Waals surface area (Å²) in [7, 11) is 1.74. The van der Waals surface area contributed by atoms with E-state index in [0.29, 0.717) is 0 Å². The van der Waals surface area contributed by atoms with Gasteiger partial charge in [0, 0.05) is 44.2 Å². The lowest BCUT2D eigenvalue weighted by Gasteiger charge is -2.30. The van der Waals surface area contributed by atoms with Crippen LogP contribution >= 0.6 is 0 Å². The summed E-state index contributed by atoms with van der Waals surface area (Å²) in [5, 5.41) is 3.36. The molecule has 0 spiro atoms. The van der Waals surface area contributed by atoms with Gasteiger partial charge in [-0.2, -0.15) is 0 Å². The van der Waals surface area contributed by atoms with Gasteiger partial charge in [-0.1, -0.05) is 0 Å². The Morgan fingerprint density at radius 2 is 2.12 bits per heavy atom. The molecule has 1 N–H and O–H groups in total. The third kappa shape index (κ3) is 1.93. The van der Waals surface area contributed by atoms with E-state index in [2.05, 4.69) is 22.3 Å². The average Bonchev–Trinajstić information content (AvgIpc) is 2.85. The summed E-state index contributed by atoms with van der Waals surface area (Å²) >= 11 is 0. The van der Waals surface area contributed by atoms with Gasteiger partial charge in [0.25, 0.3) is 0 Å². The zero-order chi connectivity index (χ0) is 11.7. The number of piperazine rings is 1. The average molecular weight is 234 g/mol. The van der Waals surface area contributed by atoms with Gasteiger partial charge in [0.05, 0.1) is 19.4 Å². The Balaban J connectivity index is 1.96. The third-order valence-corrected chi connectivity index (χ3v) is 3.45. The number of fused-ring (bicyclic) bond motifs is 1. The third-order valence-electron chi connectivity index (χ3n) is 3.45. The molecule has 0 amide bonds. The molecular weight excluding hydrogens is 216 g/mol. The second-order valence-electron chi connectivity index (χ2n) is 4.47. The number of benzene rings is 1. The molecule has 0 aliphatic carbocycles. The second kappa shape index (κ2) is 4.45. The Hall–Kier alpha value is -1.42. The van der Waals surface area contributed by atoms with Crippen LogP contribution in [0.15, 0.2) is 12.1 Å². The van der Waals surface area contributed by atoms with Gasteiger partial charge < -0.3 is 19.7 Å². The maximum Gasteiger partial charge on any atom is 0.142 e. The molecule has 0 bridgehead atoms. The summed E-state index contributed by atoms with van der Waals surface area (Å²) < 4.78 is 11.1. The molecule has 0 saturated carbocycles. The van der Waals surface area contributed by atoms with Gasteiger partial charge in [0.1, 0.15) is 11.5 Å². The molecule has 2 heterocycles. The number of nitrogens with zero attached hydrogens (tertiary/aromatic N) is 1. The minimum atomic E-state index is 0.795. The topological polar surface area (TPSA) is 33.7 Å². The lowest BCUT2D eigenvalue weighted by atomic mass is 10.1. The van der Waals surface area contributed by atoms with Crippen LogP contribution in [-0.2, 0) is 6.42 Å². The zero-order valence-electron chi connectivity index (χ0n) is 10.2. The smallest absolute Gasteiger partial charge is 0.142 e. The van der Waals surface area contributed by atoms with Crippen molar-refractivity contribution in [3.05, 3.63) is 17.7 Å². The van der Waals surface area contributed by atoms with E-state index in [4.69, 9.17) is 9.47 Å². The first-order valence-electron chi connectivity index (χ1n) is 6.18. The van der Waals surface area contributed by atoms with Crippen LogP contribution in [0.3, 0.4) is 0 Å². The highest BCUT2D eigenvalue weighted by Gasteiger charge is 2.20. The lowest BCUT2D eigenvalue weighted by Crippen LogP contribution is -2.43. The van der Waals surface area contributed by atoms with Crippen molar-refractivity contribution in [1.29, 1.82) is 0 Å². The van der Waals surface area contributed by atoms with Crippen LogP contribution in [0.2, 0.25) is 0 Å². The van der Waals surface area contributed by atoms with Crippen molar-refractivity contribution in [2.45, 2.75) is 6.42 Å². The van der Waals surface area contributed by atoms with Crippen molar-refractivity contribution < 1.29 is 9.47 Å². The first kappa shape index (κ1) is 10.7. The zero-order valence-corrected chi connectivity index (χ0v) is 10.2. The molecule has 3 rings (SSSR count). The van der Waals surface area contributed by atoms with Gasteiger partial charge in [-0.25, -0.2) is 0 Å². The van der Waals surface area contributed by atoms with Crippen molar-refractivity contribution in [2.24, 2.45) is 0 Å². The first-order chi connectivity index (χ1) is 8.38. The number of nitrogens with one attached hydrogen (secondary N) is 1. The van der Waals surface area contributed by atoms with E-state index in [1.165, 1.54) is 5.56 Å². The summed E-state index contributed by atoms with van der Waals surface area (Å²) in [6.45, 7) is 4.90. The van der Waals surface area contributed by atoms with Crippen LogP contribution in [0, 0.1) is 0 Å². The van der Waals surface area contributed by atoms with Gasteiger partial charge in [0.2, 0.25) is 0 Å². The summed E-state index contributed by atoms with van der Waals surface area (Å²) in [6.07, 6.45) is 0.994. The van der Waals surface area contributed by atoms with Gasteiger partial charge in [-0.05, 0) is 6.07 Å². The number of ether oxygens (including phenoxy) is 2. The highest BCUT2D eigenvalue weighted by Crippen LogP contribution is 2.38. The molecule has 1 aromatic rings. The van der Waals surface area contributed by atoms with E-state index in [9.17, 15) is 0 Å². The predicted octanol–water partition coefficient (Wildman–Crippen LogP) is 1.04. The van der Waals surface area contributed by atoms with E-state index in [-0.39, 0.29) is 0 Å². The quantitative estimate of drug-likeness (QED) is 0.829.